The minimum atomic E-state index is 0.136. The summed E-state index contributed by atoms with van der Waals surface area (Å²) in [5.41, 5.74) is 0.933. The third kappa shape index (κ3) is 3.31. The number of thiophene rings is 1. The average molecular weight is 312 g/mol. The van der Waals surface area contributed by atoms with E-state index in [9.17, 15) is 5.11 Å². The molecule has 0 radical (unpaired) electrons. The van der Waals surface area contributed by atoms with Crippen molar-refractivity contribution < 1.29 is 5.11 Å². The molecule has 2 aromatic rings. The van der Waals surface area contributed by atoms with Crippen LogP contribution in [-0.2, 0) is 6.54 Å². The summed E-state index contributed by atoms with van der Waals surface area (Å²) in [4.78, 5) is 1.28. The van der Waals surface area contributed by atoms with Crippen molar-refractivity contribution in [3.63, 3.8) is 0 Å². The van der Waals surface area contributed by atoms with Crippen LogP contribution in [0.1, 0.15) is 23.4 Å². The number of rotatable bonds is 4. The molecular formula is C13H14BrNOS. The van der Waals surface area contributed by atoms with E-state index in [1.165, 1.54) is 4.88 Å². The van der Waals surface area contributed by atoms with Gasteiger partial charge in [0.1, 0.15) is 5.75 Å². The zero-order valence-corrected chi connectivity index (χ0v) is 11.9. The van der Waals surface area contributed by atoms with Gasteiger partial charge in [-0.25, -0.2) is 0 Å². The zero-order chi connectivity index (χ0) is 12.3. The van der Waals surface area contributed by atoms with Crippen molar-refractivity contribution in [3.05, 3.63) is 50.6 Å². The lowest BCUT2D eigenvalue weighted by Gasteiger charge is -2.14. The van der Waals surface area contributed by atoms with E-state index in [0.29, 0.717) is 5.75 Å². The Morgan fingerprint density at radius 1 is 1.29 bits per heavy atom. The molecule has 1 unspecified atom stereocenters. The van der Waals surface area contributed by atoms with Gasteiger partial charge in [-0.3, -0.25) is 0 Å². The SMILES string of the molecule is CC(NCc1ccc(Br)s1)c1ccccc1O. The number of phenolic OH excluding ortho intramolecular Hbond substituents is 1. The first-order valence-electron chi connectivity index (χ1n) is 5.42. The van der Waals surface area contributed by atoms with Crippen molar-refractivity contribution >= 4 is 27.3 Å². The summed E-state index contributed by atoms with van der Waals surface area (Å²) in [6.07, 6.45) is 0. The molecule has 17 heavy (non-hydrogen) atoms. The van der Waals surface area contributed by atoms with Gasteiger partial charge in [0.25, 0.3) is 0 Å². The molecular weight excluding hydrogens is 298 g/mol. The van der Waals surface area contributed by atoms with Crippen LogP contribution < -0.4 is 5.32 Å². The van der Waals surface area contributed by atoms with Crippen molar-refractivity contribution in [1.82, 2.24) is 5.32 Å². The van der Waals surface area contributed by atoms with Gasteiger partial charge in [0, 0.05) is 23.0 Å². The Bertz CT molecular complexity index is 498. The average Bonchev–Trinajstić information content (AvgIpc) is 2.73. The van der Waals surface area contributed by atoms with E-state index < -0.39 is 0 Å². The molecule has 0 saturated carbocycles. The Labute approximate surface area is 113 Å². The minimum Gasteiger partial charge on any atom is -0.508 e. The van der Waals surface area contributed by atoms with Gasteiger partial charge in [-0.1, -0.05) is 18.2 Å². The predicted octanol–water partition coefficient (Wildman–Crippen LogP) is 4.07. The Morgan fingerprint density at radius 3 is 2.71 bits per heavy atom. The summed E-state index contributed by atoms with van der Waals surface area (Å²) in [5.74, 6) is 0.347. The number of aromatic hydroxyl groups is 1. The van der Waals surface area contributed by atoms with Crippen LogP contribution in [-0.4, -0.2) is 5.11 Å². The molecule has 2 N–H and O–H groups in total. The van der Waals surface area contributed by atoms with E-state index in [-0.39, 0.29) is 6.04 Å². The molecule has 0 bridgehead atoms. The molecule has 4 heteroatoms. The van der Waals surface area contributed by atoms with Crippen molar-refractivity contribution in [1.29, 1.82) is 0 Å². The van der Waals surface area contributed by atoms with Crippen LogP contribution in [0.2, 0.25) is 0 Å². The Balaban J connectivity index is 1.98. The summed E-state index contributed by atoms with van der Waals surface area (Å²) in [5, 5.41) is 13.1. The number of benzene rings is 1. The molecule has 0 saturated heterocycles. The molecule has 0 aliphatic carbocycles. The second kappa shape index (κ2) is 5.67. The van der Waals surface area contributed by atoms with E-state index in [0.717, 1.165) is 15.9 Å². The first-order valence-corrected chi connectivity index (χ1v) is 7.03. The van der Waals surface area contributed by atoms with Gasteiger partial charge in [-0.05, 0) is 41.1 Å². The van der Waals surface area contributed by atoms with Crippen LogP contribution in [0, 0.1) is 0 Å². The Morgan fingerprint density at radius 2 is 2.06 bits per heavy atom. The van der Waals surface area contributed by atoms with Crippen molar-refractivity contribution in [2.24, 2.45) is 0 Å². The maximum Gasteiger partial charge on any atom is 0.120 e. The minimum absolute atomic E-state index is 0.136. The normalized spacial score (nSPS) is 12.6. The zero-order valence-electron chi connectivity index (χ0n) is 9.48. The van der Waals surface area contributed by atoms with Gasteiger partial charge >= 0.3 is 0 Å². The molecule has 0 amide bonds. The van der Waals surface area contributed by atoms with Gasteiger partial charge in [0.2, 0.25) is 0 Å². The summed E-state index contributed by atoms with van der Waals surface area (Å²) in [7, 11) is 0. The highest BCUT2D eigenvalue weighted by molar-refractivity contribution is 9.11. The molecule has 90 valence electrons. The molecule has 1 heterocycles. The molecule has 1 aromatic heterocycles. The summed E-state index contributed by atoms with van der Waals surface area (Å²) in [6.45, 7) is 2.86. The van der Waals surface area contributed by atoms with Crippen molar-refractivity contribution in [3.8, 4) is 5.75 Å². The second-order valence-corrected chi connectivity index (χ2v) is 6.41. The molecule has 1 atom stereocenters. The third-order valence-electron chi connectivity index (χ3n) is 2.61. The lowest BCUT2D eigenvalue weighted by atomic mass is 10.1. The predicted molar refractivity (Wildman–Crippen MR) is 75.4 cm³/mol. The number of hydrogen-bond donors (Lipinski definition) is 2. The maximum atomic E-state index is 9.74. The molecule has 0 aliphatic heterocycles. The topological polar surface area (TPSA) is 32.3 Å². The fourth-order valence-corrected chi connectivity index (χ4v) is 3.10. The molecule has 2 nitrogen and oxygen atoms in total. The van der Waals surface area contributed by atoms with E-state index in [1.807, 2.05) is 24.3 Å². The van der Waals surface area contributed by atoms with Gasteiger partial charge in [-0.15, -0.1) is 11.3 Å². The number of hydrogen-bond acceptors (Lipinski definition) is 3. The monoisotopic (exact) mass is 311 g/mol. The number of nitrogens with one attached hydrogen (secondary N) is 1. The molecule has 0 aliphatic rings. The number of para-hydroxylation sites is 1. The fourth-order valence-electron chi connectivity index (χ4n) is 1.66. The highest BCUT2D eigenvalue weighted by Crippen LogP contribution is 2.25. The number of phenols is 1. The van der Waals surface area contributed by atoms with Gasteiger partial charge in [0.05, 0.1) is 3.79 Å². The van der Waals surface area contributed by atoms with Crippen LogP contribution in [0.15, 0.2) is 40.2 Å². The molecule has 1 aromatic carbocycles. The van der Waals surface area contributed by atoms with Crippen LogP contribution >= 0.6 is 27.3 Å². The van der Waals surface area contributed by atoms with E-state index in [4.69, 9.17) is 0 Å². The summed E-state index contributed by atoms with van der Waals surface area (Å²) in [6, 6.07) is 11.7. The van der Waals surface area contributed by atoms with Gasteiger partial charge < -0.3 is 10.4 Å². The van der Waals surface area contributed by atoms with Gasteiger partial charge in [-0.2, -0.15) is 0 Å². The molecule has 2 rings (SSSR count). The highest BCUT2D eigenvalue weighted by Gasteiger charge is 2.09. The molecule has 0 fully saturated rings. The highest BCUT2D eigenvalue weighted by atomic mass is 79.9. The van der Waals surface area contributed by atoms with Crippen LogP contribution in [0.4, 0.5) is 0 Å². The Hall–Kier alpha value is -0.840. The Kier molecular flexibility index (Phi) is 4.20. The molecule has 0 spiro atoms. The first-order chi connectivity index (χ1) is 8.16. The van der Waals surface area contributed by atoms with Crippen LogP contribution in [0.25, 0.3) is 0 Å². The smallest absolute Gasteiger partial charge is 0.120 e. The van der Waals surface area contributed by atoms with Crippen molar-refractivity contribution in [2.45, 2.75) is 19.5 Å². The lowest BCUT2D eigenvalue weighted by molar-refractivity contribution is 0.452. The van der Waals surface area contributed by atoms with E-state index in [2.05, 4.69) is 34.2 Å². The largest absolute Gasteiger partial charge is 0.508 e. The summed E-state index contributed by atoms with van der Waals surface area (Å²) < 4.78 is 1.14. The van der Waals surface area contributed by atoms with E-state index in [1.54, 1.807) is 17.4 Å². The van der Waals surface area contributed by atoms with Crippen molar-refractivity contribution in [2.75, 3.05) is 0 Å². The standard InChI is InChI=1S/C13H14BrNOS/c1-9(11-4-2-3-5-12(11)16)15-8-10-6-7-13(14)17-10/h2-7,9,15-16H,8H2,1H3. The van der Waals surface area contributed by atoms with Gasteiger partial charge in [0.15, 0.2) is 0 Å². The second-order valence-electron chi connectivity index (χ2n) is 3.87. The third-order valence-corrected chi connectivity index (χ3v) is 4.24. The fraction of sp³-hybridized carbons (Fsp3) is 0.231. The maximum absolute atomic E-state index is 9.74. The lowest BCUT2D eigenvalue weighted by Crippen LogP contribution is -2.17. The van der Waals surface area contributed by atoms with Crippen LogP contribution in [0.3, 0.4) is 0 Å². The van der Waals surface area contributed by atoms with E-state index >= 15 is 0 Å². The summed E-state index contributed by atoms with van der Waals surface area (Å²) >= 11 is 5.17. The first kappa shape index (κ1) is 12.6. The van der Waals surface area contributed by atoms with Crippen LogP contribution in [0.5, 0.6) is 5.75 Å². The number of halogens is 1. The quantitative estimate of drug-likeness (QED) is 0.892.